The molecule has 192 valence electrons. The highest BCUT2D eigenvalue weighted by Crippen LogP contribution is 2.33. The Hall–Kier alpha value is -4.79. The third-order valence-electron chi connectivity index (χ3n) is 6.17. The second kappa shape index (κ2) is 10.3. The van der Waals surface area contributed by atoms with Crippen molar-refractivity contribution in [3.8, 4) is 17.2 Å². The summed E-state index contributed by atoms with van der Waals surface area (Å²) in [4.78, 5) is 42.2. The number of aromatic nitrogens is 2. The van der Waals surface area contributed by atoms with E-state index >= 15 is 0 Å². The van der Waals surface area contributed by atoms with Crippen LogP contribution in [0.3, 0.4) is 0 Å². The zero-order valence-electron chi connectivity index (χ0n) is 20.8. The summed E-state index contributed by atoms with van der Waals surface area (Å²) in [6, 6.07) is 15.3. The summed E-state index contributed by atoms with van der Waals surface area (Å²) in [7, 11) is 0. The Bertz CT molecular complexity index is 1570. The zero-order chi connectivity index (χ0) is 26.8. The maximum absolute atomic E-state index is 13.3. The first-order valence-electron chi connectivity index (χ1n) is 12.1. The summed E-state index contributed by atoms with van der Waals surface area (Å²) in [6.07, 6.45) is 4.89. The van der Waals surface area contributed by atoms with Crippen LogP contribution in [0.15, 0.2) is 77.9 Å². The number of hydrogen-bond donors (Lipinski definition) is 2. The van der Waals surface area contributed by atoms with E-state index in [1.165, 1.54) is 41.1 Å². The molecule has 1 saturated carbocycles. The smallest absolute Gasteiger partial charge is 0.267 e. The molecule has 8 nitrogen and oxygen atoms in total. The number of carbonyl (C=O) groups excluding carboxylic acids is 2. The first-order chi connectivity index (χ1) is 18.3. The molecule has 2 aromatic heterocycles. The highest BCUT2D eigenvalue weighted by atomic mass is 19.1. The molecule has 1 aliphatic rings. The highest BCUT2D eigenvalue weighted by molar-refractivity contribution is 6.04. The lowest BCUT2D eigenvalue weighted by atomic mass is 10.1. The molecular weight excluding hydrogens is 487 g/mol. The maximum atomic E-state index is 13.3. The molecule has 0 spiro atoms. The second-order valence-electron chi connectivity index (χ2n) is 9.21. The van der Waals surface area contributed by atoms with Gasteiger partial charge in [-0.3, -0.25) is 19.0 Å². The Morgan fingerprint density at radius 2 is 1.71 bits per heavy atom. The number of rotatable bonds is 7. The first kappa shape index (κ1) is 24.9. The van der Waals surface area contributed by atoms with Gasteiger partial charge in [-0.15, -0.1) is 0 Å². The molecule has 38 heavy (non-hydrogen) atoms. The van der Waals surface area contributed by atoms with Crippen molar-refractivity contribution in [3.05, 3.63) is 106 Å². The van der Waals surface area contributed by atoms with Gasteiger partial charge in [-0.05, 0) is 92.4 Å². The van der Waals surface area contributed by atoms with Gasteiger partial charge in [0.1, 0.15) is 28.7 Å². The molecule has 2 N–H and O–H groups in total. The standard InChI is InChI=1S/C29H25FN4O4/c1-17-14-21(32-28(36)24-4-3-13-34(29(24)37)22-9-7-20(30)8-10-22)15-18(2)26(17)38-23-11-12-31-25(16-23)33-27(35)19-5-6-19/h3-4,7-16,19H,5-6H2,1-2H3,(H,32,36)(H,31,33,35). The Morgan fingerprint density at radius 1 is 1.00 bits per heavy atom. The summed E-state index contributed by atoms with van der Waals surface area (Å²) in [5, 5.41) is 5.59. The van der Waals surface area contributed by atoms with E-state index in [0.29, 0.717) is 28.7 Å². The van der Waals surface area contributed by atoms with Crippen LogP contribution in [0, 0.1) is 25.6 Å². The molecule has 0 bridgehead atoms. The summed E-state index contributed by atoms with van der Waals surface area (Å²) >= 11 is 0. The maximum Gasteiger partial charge on any atom is 0.267 e. The van der Waals surface area contributed by atoms with Gasteiger partial charge in [0.2, 0.25) is 5.91 Å². The normalized spacial score (nSPS) is 12.6. The number of aryl methyl sites for hydroxylation is 2. The SMILES string of the molecule is Cc1cc(NC(=O)c2cccn(-c3ccc(F)cc3)c2=O)cc(C)c1Oc1ccnc(NC(=O)C2CC2)c1. The van der Waals surface area contributed by atoms with Gasteiger partial charge in [0, 0.05) is 35.8 Å². The lowest BCUT2D eigenvalue weighted by Gasteiger charge is -2.15. The van der Waals surface area contributed by atoms with Crippen LogP contribution in [-0.2, 0) is 4.79 Å². The van der Waals surface area contributed by atoms with Gasteiger partial charge in [-0.25, -0.2) is 9.37 Å². The molecule has 9 heteroatoms. The number of halogens is 1. The third kappa shape index (κ3) is 5.46. The van der Waals surface area contributed by atoms with E-state index in [1.54, 1.807) is 36.5 Å². The van der Waals surface area contributed by atoms with Gasteiger partial charge < -0.3 is 15.4 Å². The molecule has 2 heterocycles. The number of ether oxygens (including phenoxy) is 1. The lowest BCUT2D eigenvalue weighted by Crippen LogP contribution is -2.27. The van der Waals surface area contributed by atoms with Crippen molar-refractivity contribution in [2.24, 2.45) is 5.92 Å². The Morgan fingerprint density at radius 3 is 2.39 bits per heavy atom. The number of amides is 2. The van der Waals surface area contributed by atoms with Crippen LogP contribution in [0.25, 0.3) is 5.69 Å². The van der Waals surface area contributed by atoms with E-state index < -0.39 is 17.3 Å². The largest absolute Gasteiger partial charge is 0.457 e. The molecule has 0 saturated heterocycles. The van der Waals surface area contributed by atoms with Gasteiger partial charge in [0.15, 0.2) is 0 Å². The predicted molar refractivity (Wildman–Crippen MR) is 142 cm³/mol. The van der Waals surface area contributed by atoms with Crippen LogP contribution in [0.1, 0.15) is 34.3 Å². The van der Waals surface area contributed by atoms with E-state index in [1.807, 2.05) is 13.8 Å². The molecule has 1 aliphatic carbocycles. The third-order valence-corrected chi connectivity index (χ3v) is 6.17. The Kier molecular flexibility index (Phi) is 6.74. The Balaban J connectivity index is 1.33. The fraction of sp³-hybridized carbons (Fsp3) is 0.172. The zero-order valence-corrected chi connectivity index (χ0v) is 20.8. The number of hydrogen-bond acceptors (Lipinski definition) is 5. The van der Waals surface area contributed by atoms with Crippen LogP contribution >= 0.6 is 0 Å². The molecule has 5 rings (SSSR count). The number of carbonyl (C=O) groups is 2. The molecule has 4 aromatic rings. The molecule has 0 atom stereocenters. The average molecular weight is 513 g/mol. The van der Waals surface area contributed by atoms with Crippen molar-refractivity contribution in [1.82, 2.24) is 9.55 Å². The van der Waals surface area contributed by atoms with Gasteiger partial charge in [-0.1, -0.05) is 0 Å². The average Bonchev–Trinajstić information content (AvgIpc) is 3.73. The van der Waals surface area contributed by atoms with Crippen molar-refractivity contribution >= 4 is 23.3 Å². The van der Waals surface area contributed by atoms with Crippen LogP contribution in [0.5, 0.6) is 11.5 Å². The summed E-state index contributed by atoms with van der Waals surface area (Å²) < 4.78 is 20.7. The topological polar surface area (TPSA) is 102 Å². The number of anilines is 2. The predicted octanol–water partition coefficient (Wildman–Crippen LogP) is 5.38. The number of pyridine rings is 2. The van der Waals surface area contributed by atoms with Gasteiger partial charge in [0.05, 0.1) is 0 Å². The van der Waals surface area contributed by atoms with Gasteiger partial charge in [-0.2, -0.15) is 0 Å². The minimum Gasteiger partial charge on any atom is -0.457 e. The highest BCUT2D eigenvalue weighted by Gasteiger charge is 2.29. The van der Waals surface area contributed by atoms with E-state index in [9.17, 15) is 18.8 Å². The molecular formula is C29H25FN4O4. The molecule has 2 amide bonds. The number of benzene rings is 2. The molecule has 2 aromatic carbocycles. The van der Waals surface area contributed by atoms with E-state index in [-0.39, 0.29) is 17.4 Å². The summed E-state index contributed by atoms with van der Waals surface area (Å²) in [6.45, 7) is 3.69. The fourth-order valence-corrected chi connectivity index (χ4v) is 4.09. The lowest BCUT2D eigenvalue weighted by molar-refractivity contribution is -0.117. The molecule has 0 aliphatic heterocycles. The van der Waals surface area contributed by atoms with Crippen molar-refractivity contribution in [2.45, 2.75) is 26.7 Å². The number of nitrogens with zero attached hydrogens (tertiary/aromatic N) is 2. The van der Waals surface area contributed by atoms with Gasteiger partial charge >= 0.3 is 0 Å². The number of nitrogens with one attached hydrogen (secondary N) is 2. The summed E-state index contributed by atoms with van der Waals surface area (Å²) in [5.74, 6) is 0.586. The monoisotopic (exact) mass is 512 g/mol. The van der Waals surface area contributed by atoms with Crippen LogP contribution in [0.4, 0.5) is 15.9 Å². The van der Waals surface area contributed by atoms with E-state index in [4.69, 9.17) is 4.74 Å². The van der Waals surface area contributed by atoms with Gasteiger partial charge in [0.25, 0.3) is 11.5 Å². The van der Waals surface area contributed by atoms with Crippen molar-refractivity contribution in [3.63, 3.8) is 0 Å². The summed E-state index contributed by atoms with van der Waals surface area (Å²) in [5.41, 5.74) is 1.90. The second-order valence-corrected chi connectivity index (χ2v) is 9.21. The quantitative estimate of drug-likeness (QED) is 0.346. The molecule has 0 unspecified atom stereocenters. The van der Waals surface area contributed by atoms with Crippen molar-refractivity contribution in [2.75, 3.05) is 10.6 Å². The van der Waals surface area contributed by atoms with Crippen molar-refractivity contribution < 1.29 is 18.7 Å². The van der Waals surface area contributed by atoms with Crippen molar-refractivity contribution in [1.29, 1.82) is 0 Å². The molecule has 1 fully saturated rings. The van der Waals surface area contributed by atoms with Crippen LogP contribution < -0.4 is 20.9 Å². The van der Waals surface area contributed by atoms with Crippen LogP contribution in [-0.4, -0.2) is 21.4 Å². The Labute approximate surface area is 218 Å². The van der Waals surface area contributed by atoms with Crippen LogP contribution in [0.2, 0.25) is 0 Å². The minimum atomic E-state index is -0.566. The minimum absolute atomic E-state index is 0.0371. The van der Waals surface area contributed by atoms with E-state index in [2.05, 4.69) is 15.6 Å². The fourth-order valence-electron chi connectivity index (χ4n) is 4.09. The van der Waals surface area contributed by atoms with E-state index in [0.717, 1.165) is 24.0 Å². The first-order valence-corrected chi connectivity index (χ1v) is 12.1. The molecule has 0 radical (unpaired) electrons.